The molecule has 4 N–H and O–H groups in total. The minimum atomic E-state index is -0.394. The van der Waals surface area contributed by atoms with E-state index in [4.69, 9.17) is 5.73 Å². The number of anilines is 1. The van der Waals surface area contributed by atoms with E-state index >= 15 is 0 Å². The van der Waals surface area contributed by atoms with Crippen molar-refractivity contribution in [2.45, 2.75) is 12.5 Å². The van der Waals surface area contributed by atoms with Gasteiger partial charge < -0.3 is 11.1 Å². The van der Waals surface area contributed by atoms with Crippen molar-refractivity contribution in [3.05, 3.63) is 101 Å². The lowest BCUT2D eigenvalue weighted by molar-refractivity contribution is 0.621. The molecule has 8 heteroatoms. The molecule has 162 valence electrons. The highest BCUT2D eigenvalue weighted by atomic mass is 19.1. The molecule has 0 spiro atoms. The Kier molecular flexibility index (Phi) is 6.32. The zero-order valence-corrected chi connectivity index (χ0v) is 17.1. The summed E-state index contributed by atoms with van der Waals surface area (Å²) in [6.07, 6.45) is 3.67. The first-order chi connectivity index (χ1) is 15.5. The van der Waals surface area contributed by atoms with Gasteiger partial charge in [0.1, 0.15) is 11.6 Å². The van der Waals surface area contributed by atoms with Gasteiger partial charge in [-0.3, -0.25) is 14.8 Å². The van der Waals surface area contributed by atoms with Crippen molar-refractivity contribution in [3.8, 4) is 22.4 Å². The Bertz CT molecular complexity index is 1260. The summed E-state index contributed by atoms with van der Waals surface area (Å²) in [6.45, 7) is 0.311. The smallest absolute Gasteiger partial charge is 0.260 e. The van der Waals surface area contributed by atoms with Crippen LogP contribution >= 0.6 is 0 Å². The summed E-state index contributed by atoms with van der Waals surface area (Å²) in [5.41, 5.74) is 8.58. The zero-order chi connectivity index (χ0) is 22.5. The molecule has 0 aliphatic rings. The first-order valence-corrected chi connectivity index (χ1v) is 10.0. The third kappa shape index (κ3) is 5.04. The van der Waals surface area contributed by atoms with Crippen molar-refractivity contribution < 1.29 is 8.78 Å². The van der Waals surface area contributed by atoms with Crippen LogP contribution < -0.4 is 16.6 Å². The molecule has 0 amide bonds. The second kappa shape index (κ2) is 9.49. The summed E-state index contributed by atoms with van der Waals surface area (Å²) in [4.78, 5) is 24.3. The highest BCUT2D eigenvalue weighted by Crippen LogP contribution is 2.28. The Balaban J connectivity index is 1.62. The fraction of sp³-hybridized carbons (Fsp3) is 0.125. The van der Waals surface area contributed by atoms with Gasteiger partial charge in [-0.1, -0.05) is 24.3 Å². The maximum absolute atomic E-state index is 13.4. The zero-order valence-electron chi connectivity index (χ0n) is 17.1. The number of hydrogen-bond donors (Lipinski definition) is 3. The van der Waals surface area contributed by atoms with Crippen molar-refractivity contribution in [1.82, 2.24) is 15.0 Å². The number of nitrogens with two attached hydrogens (primary N) is 1. The molecule has 2 aromatic carbocycles. The van der Waals surface area contributed by atoms with Crippen LogP contribution in [-0.2, 0) is 6.42 Å². The van der Waals surface area contributed by atoms with Gasteiger partial charge in [-0.05, 0) is 53.9 Å². The number of benzene rings is 2. The lowest BCUT2D eigenvalue weighted by Gasteiger charge is -2.15. The van der Waals surface area contributed by atoms with E-state index in [0.29, 0.717) is 35.3 Å². The molecule has 1 atom stereocenters. The number of aromatic amines is 1. The molecule has 0 saturated carbocycles. The number of pyridine rings is 1. The molecule has 6 nitrogen and oxygen atoms in total. The summed E-state index contributed by atoms with van der Waals surface area (Å²) >= 11 is 0. The minimum absolute atomic E-state index is 0.252. The first kappa shape index (κ1) is 21.3. The molecule has 0 aliphatic carbocycles. The quantitative estimate of drug-likeness (QED) is 0.412. The maximum Gasteiger partial charge on any atom is 0.260 e. The average molecular weight is 433 g/mol. The predicted octanol–water partition coefficient (Wildman–Crippen LogP) is 3.76. The molecular weight excluding hydrogens is 412 g/mol. The van der Waals surface area contributed by atoms with Gasteiger partial charge in [-0.2, -0.15) is 0 Å². The third-order valence-corrected chi connectivity index (χ3v) is 4.92. The SMILES string of the molecule is NC(CNc1nc(-c2ccncc2)c(-c2ccc(F)cc2)c(=O)[nH]1)Cc1cccc(F)c1. The normalized spacial score (nSPS) is 11.8. The summed E-state index contributed by atoms with van der Waals surface area (Å²) in [5, 5.41) is 3.06. The number of rotatable bonds is 7. The van der Waals surface area contributed by atoms with E-state index in [1.54, 1.807) is 30.6 Å². The van der Waals surface area contributed by atoms with E-state index in [2.05, 4.69) is 20.3 Å². The number of nitrogens with zero attached hydrogens (tertiary/aromatic N) is 2. The topological polar surface area (TPSA) is 96.7 Å². The van der Waals surface area contributed by atoms with Gasteiger partial charge in [-0.15, -0.1) is 0 Å². The number of H-pyrrole nitrogens is 1. The molecule has 32 heavy (non-hydrogen) atoms. The molecule has 0 fully saturated rings. The molecule has 0 radical (unpaired) electrons. The molecule has 4 aromatic rings. The van der Waals surface area contributed by atoms with Crippen LogP contribution in [0.25, 0.3) is 22.4 Å². The second-order valence-electron chi connectivity index (χ2n) is 7.36. The van der Waals surface area contributed by atoms with Gasteiger partial charge in [0.05, 0.1) is 11.3 Å². The summed E-state index contributed by atoms with van der Waals surface area (Å²) < 4.78 is 26.8. The van der Waals surface area contributed by atoms with Crippen LogP contribution in [0.2, 0.25) is 0 Å². The Labute approximate surface area is 183 Å². The number of hydrogen-bond acceptors (Lipinski definition) is 5. The van der Waals surface area contributed by atoms with Crippen LogP contribution in [-0.4, -0.2) is 27.5 Å². The van der Waals surface area contributed by atoms with E-state index in [9.17, 15) is 13.6 Å². The molecular formula is C24H21F2N5O. The average Bonchev–Trinajstić information content (AvgIpc) is 2.79. The van der Waals surface area contributed by atoms with Gasteiger partial charge in [0.25, 0.3) is 5.56 Å². The summed E-state index contributed by atoms with van der Waals surface area (Å²) in [6, 6.07) is 15.1. The van der Waals surface area contributed by atoms with Crippen LogP contribution in [0.5, 0.6) is 0 Å². The number of nitrogens with one attached hydrogen (secondary N) is 2. The highest BCUT2D eigenvalue weighted by Gasteiger charge is 2.16. The summed E-state index contributed by atoms with van der Waals surface area (Å²) in [7, 11) is 0. The van der Waals surface area contributed by atoms with Crippen LogP contribution in [0.4, 0.5) is 14.7 Å². The molecule has 0 saturated heterocycles. The van der Waals surface area contributed by atoms with Crippen molar-refractivity contribution in [3.63, 3.8) is 0 Å². The van der Waals surface area contributed by atoms with Gasteiger partial charge in [-0.25, -0.2) is 13.8 Å². The van der Waals surface area contributed by atoms with E-state index in [1.807, 2.05) is 6.07 Å². The Hall–Kier alpha value is -3.91. The molecule has 2 heterocycles. The monoisotopic (exact) mass is 433 g/mol. The van der Waals surface area contributed by atoms with Crippen molar-refractivity contribution in [2.24, 2.45) is 5.73 Å². The Morgan fingerprint density at radius 1 is 0.969 bits per heavy atom. The lowest BCUT2D eigenvalue weighted by Crippen LogP contribution is -2.32. The third-order valence-electron chi connectivity index (χ3n) is 4.92. The maximum atomic E-state index is 13.4. The lowest BCUT2D eigenvalue weighted by atomic mass is 10.0. The van der Waals surface area contributed by atoms with Crippen LogP contribution in [0.3, 0.4) is 0 Å². The van der Waals surface area contributed by atoms with E-state index < -0.39 is 5.82 Å². The fourth-order valence-electron chi connectivity index (χ4n) is 3.43. The largest absolute Gasteiger partial charge is 0.354 e. The van der Waals surface area contributed by atoms with E-state index in [0.717, 1.165) is 5.56 Å². The number of aromatic nitrogens is 3. The van der Waals surface area contributed by atoms with E-state index in [1.165, 1.54) is 36.4 Å². The van der Waals surface area contributed by atoms with Crippen LogP contribution in [0.15, 0.2) is 77.9 Å². The molecule has 4 rings (SSSR count). The fourth-order valence-corrected chi connectivity index (χ4v) is 3.43. The highest BCUT2D eigenvalue weighted by molar-refractivity contribution is 5.80. The van der Waals surface area contributed by atoms with Crippen molar-refractivity contribution >= 4 is 5.95 Å². The van der Waals surface area contributed by atoms with Gasteiger partial charge >= 0.3 is 0 Å². The molecule has 0 bridgehead atoms. The Morgan fingerprint density at radius 2 is 1.72 bits per heavy atom. The molecule has 0 aliphatic heterocycles. The van der Waals surface area contributed by atoms with Gasteiger partial charge in [0.15, 0.2) is 0 Å². The first-order valence-electron chi connectivity index (χ1n) is 10.0. The Morgan fingerprint density at radius 3 is 2.44 bits per heavy atom. The molecule has 2 aromatic heterocycles. The van der Waals surface area contributed by atoms with Crippen LogP contribution in [0.1, 0.15) is 5.56 Å². The number of halogens is 2. The predicted molar refractivity (Wildman–Crippen MR) is 120 cm³/mol. The van der Waals surface area contributed by atoms with E-state index in [-0.39, 0.29) is 23.4 Å². The second-order valence-corrected chi connectivity index (χ2v) is 7.36. The molecule has 1 unspecified atom stereocenters. The van der Waals surface area contributed by atoms with Gasteiger partial charge in [0, 0.05) is 30.5 Å². The van der Waals surface area contributed by atoms with Gasteiger partial charge in [0.2, 0.25) is 5.95 Å². The van der Waals surface area contributed by atoms with Crippen LogP contribution in [0, 0.1) is 11.6 Å². The minimum Gasteiger partial charge on any atom is -0.354 e. The van der Waals surface area contributed by atoms with Crippen molar-refractivity contribution in [1.29, 1.82) is 0 Å². The van der Waals surface area contributed by atoms with Crippen molar-refractivity contribution in [2.75, 3.05) is 11.9 Å². The standard InChI is InChI=1S/C24H21F2N5O/c25-18-6-4-16(5-7-18)21-22(17-8-10-28-11-9-17)30-24(31-23(21)32)29-14-20(27)13-15-2-1-3-19(26)12-15/h1-12,20H,13-14,27H2,(H2,29,30,31,32). The summed E-state index contributed by atoms with van der Waals surface area (Å²) in [5.74, 6) is -0.455.